The molecule has 0 heterocycles. The lowest BCUT2D eigenvalue weighted by atomic mass is 10.1. The van der Waals surface area contributed by atoms with Gasteiger partial charge in [-0.25, -0.2) is 0 Å². The van der Waals surface area contributed by atoms with E-state index in [4.69, 9.17) is 0 Å². The summed E-state index contributed by atoms with van der Waals surface area (Å²) in [5.41, 5.74) is 0. The maximum absolute atomic E-state index is 11.3. The van der Waals surface area contributed by atoms with Crippen LogP contribution in [0.3, 0.4) is 0 Å². The van der Waals surface area contributed by atoms with E-state index in [0.29, 0.717) is 12.5 Å². The molecule has 0 aromatic rings. The quantitative estimate of drug-likeness (QED) is 0.794. The minimum absolute atomic E-state index is 0.00519. The largest absolute Gasteiger partial charge is 0.351 e. The molecule has 1 unspecified atom stereocenters. The molecule has 0 bridgehead atoms. The van der Waals surface area contributed by atoms with Gasteiger partial charge in [0.25, 0.3) is 0 Å². The van der Waals surface area contributed by atoms with E-state index in [1.807, 2.05) is 13.8 Å². The molecule has 1 N–H and O–H groups in total. The Morgan fingerprint density at radius 3 is 2.42 bits per heavy atom. The SMILES string of the molecule is C=C(Br)CNC(=O)C(Br)C(C)C. The van der Waals surface area contributed by atoms with Gasteiger partial charge < -0.3 is 5.32 Å². The minimum atomic E-state index is -0.121. The molecule has 0 aliphatic carbocycles. The molecular formula is C8H13Br2NO. The molecule has 0 saturated heterocycles. The Morgan fingerprint density at radius 1 is 1.58 bits per heavy atom. The van der Waals surface area contributed by atoms with Crippen molar-refractivity contribution in [3.63, 3.8) is 0 Å². The maximum Gasteiger partial charge on any atom is 0.234 e. The maximum atomic E-state index is 11.3. The lowest BCUT2D eigenvalue weighted by molar-refractivity contribution is -0.120. The summed E-state index contributed by atoms with van der Waals surface area (Å²) in [6.45, 7) is 8.07. The van der Waals surface area contributed by atoms with E-state index in [2.05, 4.69) is 43.8 Å². The molecule has 12 heavy (non-hydrogen) atoms. The summed E-state index contributed by atoms with van der Waals surface area (Å²) in [5.74, 6) is 0.305. The zero-order valence-corrected chi connectivity index (χ0v) is 10.4. The van der Waals surface area contributed by atoms with Crippen molar-refractivity contribution in [2.45, 2.75) is 18.7 Å². The first kappa shape index (κ1) is 12.2. The monoisotopic (exact) mass is 297 g/mol. The lowest BCUT2D eigenvalue weighted by Gasteiger charge is -2.13. The highest BCUT2D eigenvalue weighted by molar-refractivity contribution is 9.11. The van der Waals surface area contributed by atoms with Crippen LogP contribution in [0.15, 0.2) is 11.1 Å². The van der Waals surface area contributed by atoms with Gasteiger partial charge in [0.15, 0.2) is 0 Å². The van der Waals surface area contributed by atoms with E-state index in [1.165, 1.54) is 0 Å². The molecular weight excluding hydrogens is 286 g/mol. The fourth-order valence-corrected chi connectivity index (χ4v) is 0.885. The Morgan fingerprint density at radius 2 is 2.08 bits per heavy atom. The number of hydrogen-bond acceptors (Lipinski definition) is 1. The van der Waals surface area contributed by atoms with Crippen molar-refractivity contribution in [2.75, 3.05) is 6.54 Å². The van der Waals surface area contributed by atoms with E-state index in [9.17, 15) is 4.79 Å². The fraction of sp³-hybridized carbons (Fsp3) is 0.625. The topological polar surface area (TPSA) is 29.1 Å². The number of carbonyl (C=O) groups excluding carboxylic acids is 1. The molecule has 70 valence electrons. The summed E-state index contributed by atoms with van der Waals surface area (Å²) in [6, 6.07) is 0. The molecule has 1 amide bonds. The van der Waals surface area contributed by atoms with Gasteiger partial charge in [-0.1, -0.05) is 52.3 Å². The van der Waals surface area contributed by atoms with E-state index in [1.54, 1.807) is 0 Å². The molecule has 0 rings (SSSR count). The number of carbonyl (C=O) groups is 1. The summed E-state index contributed by atoms with van der Waals surface area (Å²) < 4.78 is 0.777. The van der Waals surface area contributed by atoms with Gasteiger partial charge in [-0.05, 0) is 5.92 Å². The molecule has 4 heteroatoms. The van der Waals surface area contributed by atoms with Crippen LogP contribution >= 0.6 is 31.9 Å². The van der Waals surface area contributed by atoms with E-state index in [-0.39, 0.29) is 10.7 Å². The first-order chi connectivity index (χ1) is 5.45. The molecule has 0 saturated carbocycles. The van der Waals surface area contributed by atoms with Crippen molar-refractivity contribution in [3.05, 3.63) is 11.1 Å². The predicted octanol–water partition coefficient (Wildman–Crippen LogP) is 2.43. The molecule has 1 atom stereocenters. The average Bonchev–Trinajstić information content (AvgIpc) is 1.98. The zero-order chi connectivity index (χ0) is 9.72. The third-order valence-electron chi connectivity index (χ3n) is 1.29. The number of hydrogen-bond donors (Lipinski definition) is 1. The van der Waals surface area contributed by atoms with Crippen LogP contribution in [-0.2, 0) is 4.79 Å². The number of nitrogens with one attached hydrogen (secondary N) is 1. The summed E-state index contributed by atoms with van der Waals surface area (Å²) >= 11 is 6.47. The Labute approximate surface area is 90.1 Å². The number of halogens is 2. The van der Waals surface area contributed by atoms with Gasteiger partial charge in [0.05, 0.1) is 4.83 Å². The van der Waals surface area contributed by atoms with E-state index in [0.717, 1.165) is 4.48 Å². The van der Waals surface area contributed by atoms with Gasteiger partial charge in [-0.15, -0.1) is 0 Å². The molecule has 0 aliphatic rings. The first-order valence-electron chi connectivity index (χ1n) is 3.70. The predicted molar refractivity (Wildman–Crippen MR) is 58.6 cm³/mol. The number of amides is 1. The zero-order valence-electron chi connectivity index (χ0n) is 7.23. The third-order valence-corrected chi connectivity index (χ3v) is 3.04. The van der Waals surface area contributed by atoms with Gasteiger partial charge in [-0.2, -0.15) is 0 Å². The molecule has 0 aliphatic heterocycles. The highest BCUT2D eigenvalue weighted by atomic mass is 79.9. The third kappa shape index (κ3) is 4.93. The van der Waals surface area contributed by atoms with E-state index >= 15 is 0 Å². The fourth-order valence-electron chi connectivity index (χ4n) is 0.583. The molecule has 0 fully saturated rings. The molecule has 0 aromatic heterocycles. The Kier molecular flexibility index (Phi) is 5.84. The highest BCUT2D eigenvalue weighted by Gasteiger charge is 2.17. The Balaban J connectivity index is 3.80. The van der Waals surface area contributed by atoms with Crippen molar-refractivity contribution in [2.24, 2.45) is 5.92 Å². The standard InChI is InChI=1S/C8H13Br2NO/c1-5(2)7(10)8(12)11-4-6(3)9/h5,7H,3-4H2,1-2H3,(H,11,12). The van der Waals surface area contributed by atoms with Gasteiger partial charge in [0, 0.05) is 11.0 Å². The van der Waals surface area contributed by atoms with Crippen LogP contribution in [-0.4, -0.2) is 17.3 Å². The summed E-state index contributed by atoms with van der Waals surface area (Å²) in [5, 5.41) is 2.73. The molecule has 0 aromatic carbocycles. The highest BCUT2D eigenvalue weighted by Crippen LogP contribution is 2.11. The van der Waals surface area contributed by atoms with E-state index < -0.39 is 0 Å². The van der Waals surface area contributed by atoms with Crippen molar-refractivity contribution in [1.29, 1.82) is 0 Å². The van der Waals surface area contributed by atoms with Crippen LogP contribution in [0.2, 0.25) is 0 Å². The van der Waals surface area contributed by atoms with Crippen LogP contribution in [0.1, 0.15) is 13.8 Å². The number of rotatable bonds is 4. The van der Waals surface area contributed by atoms with Gasteiger partial charge in [0.1, 0.15) is 0 Å². The minimum Gasteiger partial charge on any atom is -0.351 e. The van der Waals surface area contributed by atoms with Gasteiger partial charge in [-0.3, -0.25) is 4.79 Å². The smallest absolute Gasteiger partial charge is 0.234 e. The summed E-state index contributed by atoms with van der Waals surface area (Å²) in [7, 11) is 0. The normalized spacial score (nSPS) is 12.8. The lowest BCUT2D eigenvalue weighted by Crippen LogP contribution is -2.34. The van der Waals surface area contributed by atoms with Crippen LogP contribution in [0.25, 0.3) is 0 Å². The van der Waals surface area contributed by atoms with Crippen molar-refractivity contribution in [1.82, 2.24) is 5.32 Å². The van der Waals surface area contributed by atoms with Crippen LogP contribution in [0, 0.1) is 5.92 Å². The van der Waals surface area contributed by atoms with Crippen molar-refractivity contribution >= 4 is 37.8 Å². The second-order valence-electron chi connectivity index (χ2n) is 2.88. The molecule has 0 radical (unpaired) electrons. The number of alkyl halides is 1. The Hall–Kier alpha value is 0.170. The van der Waals surface area contributed by atoms with Crippen LogP contribution in [0.4, 0.5) is 0 Å². The van der Waals surface area contributed by atoms with Crippen LogP contribution in [0.5, 0.6) is 0 Å². The average molecular weight is 299 g/mol. The van der Waals surface area contributed by atoms with Gasteiger partial charge >= 0.3 is 0 Å². The molecule has 0 spiro atoms. The van der Waals surface area contributed by atoms with Gasteiger partial charge in [0.2, 0.25) is 5.91 Å². The Bertz CT molecular complexity index is 180. The second kappa shape index (κ2) is 5.75. The molecule has 2 nitrogen and oxygen atoms in total. The first-order valence-corrected chi connectivity index (χ1v) is 5.41. The van der Waals surface area contributed by atoms with Crippen molar-refractivity contribution < 1.29 is 4.79 Å². The summed E-state index contributed by atoms with van der Waals surface area (Å²) in [6.07, 6.45) is 0. The second-order valence-corrected chi connectivity index (χ2v) is 4.99. The van der Waals surface area contributed by atoms with Crippen LogP contribution < -0.4 is 5.32 Å². The van der Waals surface area contributed by atoms with Crippen molar-refractivity contribution in [3.8, 4) is 0 Å². The summed E-state index contributed by atoms with van der Waals surface area (Å²) in [4.78, 5) is 11.1.